The Morgan fingerprint density at radius 2 is 2.09 bits per heavy atom. The van der Waals surface area contributed by atoms with Gasteiger partial charge in [0.25, 0.3) is 5.91 Å². The van der Waals surface area contributed by atoms with E-state index in [1.807, 2.05) is 0 Å². The topological polar surface area (TPSA) is 79.3 Å². The molecule has 0 saturated heterocycles. The number of amides is 1. The number of ketones is 1. The summed E-state index contributed by atoms with van der Waals surface area (Å²) in [7, 11) is 0. The number of aromatic nitrogens is 1. The maximum atomic E-state index is 12.3. The van der Waals surface area contributed by atoms with Crippen molar-refractivity contribution in [2.45, 2.75) is 12.0 Å². The van der Waals surface area contributed by atoms with Crippen LogP contribution < -0.4 is 5.32 Å². The molecule has 1 aliphatic heterocycles. The molecule has 5 nitrogen and oxygen atoms in total. The van der Waals surface area contributed by atoms with Crippen molar-refractivity contribution in [3.63, 3.8) is 0 Å². The van der Waals surface area contributed by atoms with Crippen molar-refractivity contribution in [2.75, 3.05) is 5.32 Å². The lowest BCUT2D eigenvalue weighted by molar-refractivity contribution is -0.133. The molecule has 2 N–H and O–H groups in total. The minimum atomic E-state index is -2.04. The quantitative estimate of drug-likeness (QED) is 0.844. The van der Waals surface area contributed by atoms with E-state index in [-0.39, 0.29) is 16.3 Å². The van der Waals surface area contributed by atoms with Crippen molar-refractivity contribution in [1.82, 2.24) is 4.98 Å². The van der Waals surface area contributed by atoms with E-state index >= 15 is 0 Å². The van der Waals surface area contributed by atoms with Crippen LogP contribution in [-0.2, 0) is 10.4 Å². The number of anilines is 1. The van der Waals surface area contributed by atoms with E-state index in [0.717, 1.165) is 0 Å². The molecule has 112 valence electrons. The zero-order chi connectivity index (χ0) is 15.9. The van der Waals surface area contributed by atoms with Crippen molar-refractivity contribution in [2.24, 2.45) is 0 Å². The number of hydrogen-bond acceptors (Lipinski definition) is 4. The third kappa shape index (κ3) is 2.37. The Morgan fingerprint density at radius 3 is 2.77 bits per heavy atom. The van der Waals surface area contributed by atoms with Gasteiger partial charge >= 0.3 is 0 Å². The number of fused-ring (bicyclic) bond motifs is 1. The molecule has 1 aromatic heterocycles. The summed E-state index contributed by atoms with van der Waals surface area (Å²) in [6, 6.07) is 7.73. The Morgan fingerprint density at radius 1 is 1.32 bits per heavy atom. The van der Waals surface area contributed by atoms with E-state index in [1.54, 1.807) is 12.1 Å². The van der Waals surface area contributed by atoms with Crippen molar-refractivity contribution in [3.8, 4) is 0 Å². The van der Waals surface area contributed by atoms with Gasteiger partial charge in [0, 0.05) is 16.8 Å². The van der Waals surface area contributed by atoms with Crippen LogP contribution in [0.3, 0.4) is 0 Å². The molecule has 3 rings (SSSR count). The summed E-state index contributed by atoms with van der Waals surface area (Å²) in [5.41, 5.74) is -1.40. The summed E-state index contributed by atoms with van der Waals surface area (Å²) in [6.07, 6.45) is 1.01. The zero-order valence-corrected chi connectivity index (χ0v) is 12.6. The second-order valence-corrected chi connectivity index (χ2v) is 5.78. The Bertz CT molecular complexity index is 780. The van der Waals surface area contributed by atoms with Crippen LogP contribution in [0.25, 0.3) is 0 Å². The van der Waals surface area contributed by atoms with Crippen LogP contribution in [0.15, 0.2) is 36.5 Å². The van der Waals surface area contributed by atoms with Crippen molar-refractivity contribution in [1.29, 1.82) is 0 Å². The normalized spacial score (nSPS) is 19.7. The molecule has 0 spiro atoms. The second kappa shape index (κ2) is 5.35. The first kappa shape index (κ1) is 15.0. The minimum absolute atomic E-state index is 0.122. The highest BCUT2D eigenvalue weighted by Gasteiger charge is 2.48. The number of nitrogens with zero attached hydrogens (tertiary/aromatic N) is 1. The standard InChI is InChI=1S/C15H10Cl2N2O3/c16-8-5-9(17)13-11(6-8)19-14(21)15(13,22)7-12(20)10-3-1-2-4-18-10/h1-6,22H,7H2,(H,19,21)/t15-/m1/s1. The monoisotopic (exact) mass is 336 g/mol. The number of halogens is 2. The maximum Gasteiger partial charge on any atom is 0.261 e. The summed E-state index contributed by atoms with van der Waals surface area (Å²) in [5, 5.41) is 13.7. The van der Waals surface area contributed by atoms with Crippen LogP contribution in [0.1, 0.15) is 22.5 Å². The molecule has 0 aliphatic carbocycles. The number of benzene rings is 1. The van der Waals surface area contributed by atoms with Gasteiger partial charge in [-0.3, -0.25) is 14.6 Å². The lowest BCUT2D eigenvalue weighted by atomic mass is 9.89. The molecule has 1 atom stereocenters. The first-order valence-corrected chi connectivity index (χ1v) is 7.15. The summed E-state index contributed by atoms with van der Waals surface area (Å²) in [4.78, 5) is 28.3. The van der Waals surface area contributed by atoms with E-state index in [0.29, 0.717) is 10.7 Å². The molecule has 1 amide bonds. The largest absolute Gasteiger partial charge is 0.375 e. The number of Topliss-reactive ketones (excluding diaryl/α,β-unsaturated/α-hetero) is 1. The first-order chi connectivity index (χ1) is 10.4. The Balaban J connectivity index is 2.01. The lowest BCUT2D eigenvalue weighted by Crippen LogP contribution is -2.36. The molecule has 22 heavy (non-hydrogen) atoms. The van der Waals surface area contributed by atoms with E-state index in [4.69, 9.17) is 23.2 Å². The van der Waals surface area contributed by atoms with Gasteiger partial charge in [0.2, 0.25) is 0 Å². The Hall–Kier alpha value is -1.95. The Labute approximate surface area is 135 Å². The summed E-state index contributed by atoms with van der Waals surface area (Å²) in [6.45, 7) is 0. The highest BCUT2D eigenvalue weighted by atomic mass is 35.5. The number of pyridine rings is 1. The fourth-order valence-electron chi connectivity index (χ4n) is 2.45. The van der Waals surface area contributed by atoms with Gasteiger partial charge in [-0.15, -0.1) is 0 Å². The van der Waals surface area contributed by atoms with Crippen LogP contribution in [0, 0.1) is 0 Å². The van der Waals surface area contributed by atoms with Crippen LogP contribution in [0.2, 0.25) is 10.0 Å². The van der Waals surface area contributed by atoms with Gasteiger partial charge < -0.3 is 10.4 Å². The molecule has 2 heterocycles. The van der Waals surface area contributed by atoms with Gasteiger partial charge in [0.15, 0.2) is 11.4 Å². The highest BCUT2D eigenvalue weighted by molar-refractivity contribution is 6.36. The van der Waals surface area contributed by atoms with E-state index in [1.165, 1.54) is 24.4 Å². The van der Waals surface area contributed by atoms with Crippen LogP contribution >= 0.6 is 23.2 Å². The van der Waals surface area contributed by atoms with Gasteiger partial charge in [0.05, 0.1) is 17.1 Å². The molecular weight excluding hydrogens is 327 g/mol. The smallest absolute Gasteiger partial charge is 0.261 e. The molecule has 1 aromatic carbocycles. The van der Waals surface area contributed by atoms with E-state index in [2.05, 4.69) is 10.3 Å². The van der Waals surface area contributed by atoms with Crippen LogP contribution in [0.4, 0.5) is 5.69 Å². The molecule has 7 heteroatoms. The summed E-state index contributed by atoms with van der Waals surface area (Å²) in [5.74, 6) is -1.17. The third-order valence-corrected chi connectivity index (χ3v) is 3.98. The Kier molecular flexibility index (Phi) is 3.64. The average Bonchev–Trinajstić information content (AvgIpc) is 2.70. The predicted octanol–water partition coefficient (Wildman–Crippen LogP) is 2.80. The maximum absolute atomic E-state index is 12.3. The fraction of sp³-hybridized carbons (Fsp3) is 0.133. The molecule has 0 unspecified atom stereocenters. The fourth-order valence-corrected chi connectivity index (χ4v) is 3.10. The van der Waals surface area contributed by atoms with E-state index < -0.39 is 23.7 Å². The predicted molar refractivity (Wildman–Crippen MR) is 82.2 cm³/mol. The van der Waals surface area contributed by atoms with Gasteiger partial charge in [-0.2, -0.15) is 0 Å². The number of nitrogens with one attached hydrogen (secondary N) is 1. The van der Waals surface area contributed by atoms with Crippen LogP contribution in [0.5, 0.6) is 0 Å². The molecular formula is C15H10Cl2N2O3. The van der Waals surface area contributed by atoms with Crippen molar-refractivity contribution in [3.05, 3.63) is 57.8 Å². The number of carbonyl (C=O) groups excluding carboxylic acids is 2. The molecule has 0 saturated carbocycles. The number of carbonyl (C=O) groups is 2. The second-order valence-electron chi connectivity index (χ2n) is 4.94. The van der Waals surface area contributed by atoms with Crippen molar-refractivity contribution >= 4 is 40.6 Å². The van der Waals surface area contributed by atoms with Crippen LogP contribution in [-0.4, -0.2) is 21.8 Å². The molecule has 1 aliphatic rings. The average molecular weight is 337 g/mol. The number of hydrogen-bond donors (Lipinski definition) is 2. The molecule has 0 bridgehead atoms. The summed E-state index contributed by atoms with van der Waals surface area (Å²) < 4.78 is 0. The first-order valence-electron chi connectivity index (χ1n) is 6.39. The molecule has 0 radical (unpaired) electrons. The molecule has 2 aromatic rings. The number of rotatable bonds is 3. The van der Waals surface area contributed by atoms with Gasteiger partial charge in [-0.25, -0.2) is 0 Å². The molecule has 0 fully saturated rings. The van der Waals surface area contributed by atoms with Crippen molar-refractivity contribution < 1.29 is 14.7 Å². The third-order valence-electron chi connectivity index (χ3n) is 3.46. The zero-order valence-electron chi connectivity index (χ0n) is 11.1. The lowest BCUT2D eigenvalue weighted by Gasteiger charge is -2.20. The van der Waals surface area contributed by atoms with Gasteiger partial charge in [0.1, 0.15) is 5.69 Å². The number of aliphatic hydroxyl groups is 1. The minimum Gasteiger partial charge on any atom is -0.375 e. The highest BCUT2D eigenvalue weighted by Crippen LogP contribution is 2.44. The van der Waals surface area contributed by atoms with Gasteiger partial charge in [-0.05, 0) is 24.3 Å². The van der Waals surface area contributed by atoms with Gasteiger partial charge in [-0.1, -0.05) is 29.3 Å². The SMILES string of the molecule is O=C(C[C@]1(O)C(=O)Nc2cc(Cl)cc(Cl)c21)c1ccccn1. The summed E-state index contributed by atoms with van der Waals surface area (Å²) >= 11 is 12.0. The van der Waals surface area contributed by atoms with E-state index in [9.17, 15) is 14.7 Å².